The number of benzene rings is 2. The summed E-state index contributed by atoms with van der Waals surface area (Å²) in [5.41, 5.74) is 3.53. The van der Waals surface area contributed by atoms with Crippen molar-refractivity contribution in [3.05, 3.63) is 53.8 Å². The van der Waals surface area contributed by atoms with E-state index in [9.17, 15) is 9.18 Å². The van der Waals surface area contributed by atoms with Crippen LogP contribution in [-0.4, -0.2) is 49.6 Å². The Morgan fingerprint density at radius 2 is 2.07 bits per heavy atom. The van der Waals surface area contributed by atoms with E-state index in [0.717, 1.165) is 38.2 Å². The highest BCUT2D eigenvalue weighted by Crippen LogP contribution is 2.49. The largest absolute Gasteiger partial charge is 0.490 e. The van der Waals surface area contributed by atoms with Crippen LogP contribution in [0.5, 0.6) is 5.75 Å². The molecular formula is C22H24FN3O2. The third kappa shape index (κ3) is 3.02. The van der Waals surface area contributed by atoms with Gasteiger partial charge in [-0.05, 0) is 36.6 Å². The van der Waals surface area contributed by atoms with Crippen molar-refractivity contribution in [1.29, 1.82) is 0 Å². The van der Waals surface area contributed by atoms with E-state index in [1.54, 1.807) is 18.2 Å². The van der Waals surface area contributed by atoms with Crippen molar-refractivity contribution in [2.45, 2.75) is 24.8 Å². The maximum absolute atomic E-state index is 13.6. The molecule has 2 atom stereocenters. The summed E-state index contributed by atoms with van der Waals surface area (Å²) in [6.07, 6.45) is 1.92. The number of rotatable bonds is 5. The average molecular weight is 381 g/mol. The molecule has 146 valence electrons. The minimum absolute atomic E-state index is 0.0815. The van der Waals surface area contributed by atoms with Gasteiger partial charge in [0.25, 0.3) is 0 Å². The summed E-state index contributed by atoms with van der Waals surface area (Å²) in [5, 5.41) is 3.01. The smallest absolute Gasteiger partial charge is 0.243 e. The number of carbonyl (C=O) groups is 1. The number of amides is 1. The molecule has 1 N–H and O–H groups in total. The fraction of sp³-hybridized carbons (Fsp3) is 0.409. The topological polar surface area (TPSA) is 44.8 Å². The zero-order valence-electron chi connectivity index (χ0n) is 15.7. The minimum atomic E-state index is -0.310. The number of hydrogen-bond acceptors (Lipinski definition) is 4. The van der Waals surface area contributed by atoms with Gasteiger partial charge in [-0.1, -0.05) is 24.3 Å². The van der Waals surface area contributed by atoms with E-state index in [2.05, 4.69) is 21.2 Å². The van der Waals surface area contributed by atoms with E-state index in [-0.39, 0.29) is 11.7 Å². The maximum atomic E-state index is 13.6. The molecule has 0 spiro atoms. The van der Waals surface area contributed by atoms with E-state index in [0.29, 0.717) is 30.9 Å². The monoisotopic (exact) mass is 381 g/mol. The molecule has 0 aliphatic carbocycles. The van der Waals surface area contributed by atoms with Crippen molar-refractivity contribution >= 4 is 17.3 Å². The van der Waals surface area contributed by atoms with Gasteiger partial charge in [-0.2, -0.15) is 0 Å². The normalized spacial score (nSPS) is 23.2. The number of nitrogens with zero attached hydrogens (tertiary/aromatic N) is 2. The van der Waals surface area contributed by atoms with Gasteiger partial charge >= 0.3 is 0 Å². The Hall–Kier alpha value is -2.60. The molecule has 1 fully saturated rings. The molecule has 0 saturated carbocycles. The number of carbonyl (C=O) groups excluding carboxylic acids is 1. The third-order valence-corrected chi connectivity index (χ3v) is 6.12. The van der Waals surface area contributed by atoms with Crippen LogP contribution in [-0.2, 0) is 4.79 Å². The Kier molecular flexibility index (Phi) is 4.43. The van der Waals surface area contributed by atoms with Crippen molar-refractivity contribution in [2.24, 2.45) is 0 Å². The molecule has 3 aliphatic heterocycles. The van der Waals surface area contributed by atoms with Gasteiger partial charge in [-0.3, -0.25) is 4.79 Å². The number of piperidine rings is 1. The zero-order valence-corrected chi connectivity index (χ0v) is 15.7. The SMILES string of the molecule is O=C1CN2c3c(cccc3[C@@H]3CN(CCCOc4ccccc4F)CC[C@@H]32)N1. The van der Waals surface area contributed by atoms with Gasteiger partial charge in [-0.25, -0.2) is 4.39 Å². The number of nitrogens with one attached hydrogen (secondary N) is 1. The van der Waals surface area contributed by atoms with Gasteiger partial charge in [0, 0.05) is 31.6 Å². The second-order valence-electron chi connectivity index (χ2n) is 7.82. The molecule has 6 heteroatoms. The maximum Gasteiger partial charge on any atom is 0.243 e. The molecule has 0 unspecified atom stereocenters. The van der Waals surface area contributed by atoms with E-state index in [4.69, 9.17) is 4.74 Å². The summed E-state index contributed by atoms with van der Waals surface area (Å²) in [6.45, 7) is 3.91. The highest BCUT2D eigenvalue weighted by atomic mass is 19.1. The number of anilines is 2. The van der Waals surface area contributed by atoms with Gasteiger partial charge in [0.05, 0.1) is 24.5 Å². The molecule has 0 aromatic heterocycles. The van der Waals surface area contributed by atoms with Gasteiger partial charge in [-0.15, -0.1) is 0 Å². The third-order valence-electron chi connectivity index (χ3n) is 6.12. The van der Waals surface area contributed by atoms with Crippen LogP contribution in [0.1, 0.15) is 24.3 Å². The van der Waals surface area contributed by atoms with E-state index < -0.39 is 0 Å². The lowest BCUT2D eigenvalue weighted by Gasteiger charge is -2.39. The Labute approximate surface area is 164 Å². The molecular weight excluding hydrogens is 357 g/mol. The summed E-state index contributed by atoms with van der Waals surface area (Å²) < 4.78 is 19.2. The molecule has 1 saturated heterocycles. The van der Waals surface area contributed by atoms with E-state index >= 15 is 0 Å². The van der Waals surface area contributed by atoms with Crippen LogP contribution in [0.25, 0.3) is 0 Å². The zero-order chi connectivity index (χ0) is 19.1. The van der Waals surface area contributed by atoms with Gasteiger partial charge in [0.15, 0.2) is 11.6 Å². The number of hydrogen-bond donors (Lipinski definition) is 1. The Morgan fingerprint density at radius 1 is 1.18 bits per heavy atom. The number of likely N-dealkylation sites (tertiary alicyclic amines) is 1. The Morgan fingerprint density at radius 3 is 2.96 bits per heavy atom. The van der Waals surface area contributed by atoms with E-state index in [1.807, 2.05) is 12.1 Å². The fourth-order valence-corrected chi connectivity index (χ4v) is 4.91. The molecule has 0 radical (unpaired) electrons. The summed E-state index contributed by atoms with van der Waals surface area (Å²) in [5.74, 6) is 0.530. The second-order valence-corrected chi connectivity index (χ2v) is 7.82. The molecule has 5 rings (SSSR count). The molecule has 3 heterocycles. The second kappa shape index (κ2) is 7.09. The van der Waals surface area contributed by atoms with Crippen molar-refractivity contribution in [3.8, 4) is 5.75 Å². The van der Waals surface area contributed by atoms with Crippen LogP contribution < -0.4 is 15.0 Å². The van der Waals surface area contributed by atoms with Crippen molar-refractivity contribution in [1.82, 2.24) is 4.90 Å². The molecule has 1 amide bonds. The van der Waals surface area contributed by atoms with Crippen LogP contribution in [0.3, 0.4) is 0 Å². The van der Waals surface area contributed by atoms with Crippen LogP contribution in [0.2, 0.25) is 0 Å². The summed E-state index contributed by atoms with van der Waals surface area (Å²) in [7, 11) is 0. The summed E-state index contributed by atoms with van der Waals surface area (Å²) in [6, 6.07) is 13.2. The van der Waals surface area contributed by atoms with Crippen LogP contribution in [0.15, 0.2) is 42.5 Å². The van der Waals surface area contributed by atoms with Crippen LogP contribution in [0, 0.1) is 5.82 Å². The summed E-state index contributed by atoms with van der Waals surface area (Å²) in [4.78, 5) is 16.9. The Bertz CT molecular complexity index is 903. The van der Waals surface area contributed by atoms with Gasteiger partial charge in [0.1, 0.15) is 0 Å². The van der Waals surface area contributed by atoms with Gasteiger partial charge < -0.3 is 19.9 Å². The van der Waals surface area contributed by atoms with E-state index in [1.165, 1.54) is 17.3 Å². The molecule has 2 aromatic carbocycles. The quantitative estimate of drug-likeness (QED) is 0.808. The van der Waals surface area contributed by atoms with Crippen molar-refractivity contribution in [3.63, 3.8) is 0 Å². The molecule has 28 heavy (non-hydrogen) atoms. The number of ether oxygens (including phenoxy) is 1. The van der Waals surface area contributed by atoms with Crippen molar-refractivity contribution in [2.75, 3.05) is 43.0 Å². The van der Waals surface area contributed by atoms with Crippen molar-refractivity contribution < 1.29 is 13.9 Å². The first kappa shape index (κ1) is 17.5. The highest BCUT2D eigenvalue weighted by Gasteiger charge is 2.44. The molecule has 5 nitrogen and oxygen atoms in total. The average Bonchev–Trinajstić information content (AvgIpc) is 3.01. The fourth-order valence-electron chi connectivity index (χ4n) is 4.91. The summed E-state index contributed by atoms with van der Waals surface area (Å²) >= 11 is 0. The van der Waals surface area contributed by atoms with Gasteiger partial charge in [0.2, 0.25) is 5.91 Å². The minimum Gasteiger partial charge on any atom is -0.490 e. The predicted octanol–water partition coefficient (Wildman–Crippen LogP) is 3.22. The first-order valence-corrected chi connectivity index (χ1v) is 10.00. The number of fused-ring (bicyclic) bond motifs is 3. The highest BCUT2D eigenvalue weighted by molar-refractivity contribution is 6.03. The first-order valence-electron chi connectivity index (χ1n) is 10.00. The Balaban J connectivity index is 1.21. The van der Waals surface area contributed by atoms with Crippen LogP contribution >= 0.6 is 0 Å². The molecule has 3 aliphatic rings. The lowest BCUT2D eigenvalue weighted by Crippen LogP contribution is -2.49. The lowest BCUT2D eigenvalue weighted by atomic mass is 9.89. The lowest BCUT2D eigenvalue weighted by molar-refractivity contribution is -0.115. The number of para-hydroxylation sites is 2. The molecule has 0 bridgehead atoms. The predicted molar refractivity (Wildman–Crippen MR) is 107 cm³/mol. The number of halogens is 1. The standard InChI is InChI=1S/C22H24FN3O2/c23-17-6-1-2-8-20(17)28-12-4-10-25-11-9-19-16(13-25)15-5-3-7-18-22(15)26(19)14-21(27)24-18/h1-3,5-8,16,19H,4,9-14H2,(H,24,27)/t16-,19-/m0/s1. The molecule has 2 aromatic rings. The first-order chi connectivity index (χ1) is 13.7. The van der Waals surface area contributed by atoms with Crippen LogP contribution in [0.4, 0.5) is 15.8 Å².